The number of nitrogens with zero attached hydrogens (tertiary/aromatic N) is 1. The third-order valence-corrected chi connectivity index (χ3v) is 4.60. The van der Waals surface area contributed by atoms with Gasteiger partial charge >= 0.3 is 16.3 Å². The Hall–Kier alpha value is -0.900. The molecule has 9 heteroatoms. The third kappa shape index (κ3) is 3.35. The summed E-state index contributed by atoms with van der Waals surface area (Å²) in [5.74, 6) is -0.643. The van der Waals surface area contributed by atoms with Gasteiger partial charge in [0, 0.05) is 25.9 Å². The summed E-state index contributed by atoms with van der Waals surface area (Å²) in [5, 5.41) is 0. The maximum atomic E-state index is 11.9. The van der Waals surface area contributed by atoms with E-state index >= 15 is 0 Å². The molecule has 19 heavy (non-hydrogen) atoms. The molecular formula is C10H18N2O6S. The fourth-order valence-corrected chi connectivity index (χ4v) is 3.25. The van der Waals surface area contributed by atoms with E-state index in [2.05, 4.69) is 4.74 Å². The van der Waals surface area contributed by atoms with Gasteiger partial charge in [-0.1, -0.05) is 0 Å². The van der Waals surface area contributed by atoms with Gasteiger partial charge in [0.15, 0.2) is 5.79 Å². The van der Waals surface area contributed by atoms with E-state index in [-0.39, 0.29) is 19.7 Å². The van der Waals surface area contributed by atoms with Crippen LogP contribution < -0.4 is 4.72 Å². The first-order valence-electron chi connectivity index (χ1n) is 6.20. The molecule has 0 radical (unpaired) electrons. The van der Waals surface area contributed by atoms with Crippen LogP contribution in [0.15, 0.2) is 0 Å². The van der Waals surface area contributed by atoms with Crippen LogP contribution in [0.25, 0.3) is 0 Å². The van der Waals surface area contributed by atoms with Crippen molar-refractivity contribution in [2.24, 2.45) is 0 Å². The molecule has 2 heterocycles. The first-order valence-corrected chi connectivity index (χ1v) is 7.64. The van der Waals surface area contributed by atoms with Gasteiger partial charge in [-0.3, -0.25) is 0 Å². The quantitative estimate of drug-likeness (QED) is 0.775. The molecule has 0 aromatic carbocycles. The van der Waals surface area contributed by atoms with Crippen molar-refractivity contribution < 1.29 is 27.4 Å². The summed E-state index contributed by atoms with van der Waals surface area (Å²) in [6.45, 7) is 3.28. The predicted molar refractivity (Wildman–Crippen MR) is 64.5 cm³/mol. The molecule has 8 nitrogen and oxygen atoms in total. The van der Waals surface area contributed by atoms with Gasteiger partial charge in [-0.25, -0.2) is 9.52 Å². The van der Waals surface area contributed by atoms with Gasteiger partial charge in [0.25, 0.3) is 0 Å². The Labute approximate surface area is 112 Å². The number of amides is 1. The fourth-order valence-electron chi connectivity index (χ4n) is 2.18. The van der Waals surface area contributed by atoms with E-state index < -0.39 is 22.1 Å². The number of rotatable bonds is 3. The zero-order valence-corrected chi connectivity index (χ0v) is 11.6. The van der Waals surface area contributed by atoms with Crippen molar-refractivity contribution in [1.29, 1.82) is 0 Å². The number of ether oxygens (including phenoxy) is 3. The second-order valence-electron chi connectivity index (χ2n) is 4.33. The molecule has 2 aliphatic rings. The third-order valence-electron chi connectivity index (χ3n) is 3.13. The average Bonchev–Trinajstić information content (AvgIpc) is 2.77. The van der Waals surface area contributed by atoms with Gasteiger partial charge < -0.3 is 14.2 Å². The van der Waals surface area contributed by atoms with Gasteiger partial charge in [-0.15, -0.1) is 0 Å². The monoisotopic (exact) mass is 294 g/mol. The Balaban J connectivity index is 1.91. The Morgan fingerprint density at radius 2 is 1.89 bits per heavy atom. The van der Waals surface area contributed by atoms with Crippen LogP contribution in [0.2, 0.25) is 0 Å². The molecule has 0 aromatic heterocycles. The number of carbonyl (C=O) groups is 1. The number of piperidine rings is 1. The molecule has 0 aliphatic carbocycles. The Kier molecular flexibility index (Phi) is 4.29. The van der Waals surface area contributed by atoms with Gasteiger partial charge in [0.05, 0.1) is 19.8 Å². The van der Waals surface area contributed by atoms with E-state index in [1.165, 1.54) is 4.31 Å². The largest absolute Gasteiger partial charge is 0.449 e. The summed E-state index contributed by atoms with van der Waals surface area (Å²) in [4.78, 5) is 11.2. The van der Waals surface area contributed by atoms with Crippen molar-refractivity contribution in [3.05, 3.63) is 0 Å². The zero-order valence-electron chi connectivity index (χ0n) is 10.8. The van der Waals surface area contributed by atoms with Crippen LogP contribution in [0, 0.1) is 0 Å². The maximum Gasteiger partial charge on any atom is 0.421 e. The minimum atomic E-state index is -3.85. The summed E-state index contributed by atoms with van der Waals surface area (Å²) >= 11 is 0. The zero-order chi connectivity index (χ0) is 13.9. The van der Waals surface area contributed by atoms with Crippen molar-refractivity contribution in [3.8, 4) is 0 Å². The summed E-state index contributed by atoms with van der Waals surface area (Å²) in [6, 6.07) is 0. The average molecular weight is 294 g/mol. The number of hydrogen-bond acceptors (Lipinski definition) is 6. The van der Waals surface area contributed by atoms with Crippen LogP contribution in [0.3, 0.4) is 0 Å². The number of nitrogens with one attached hydrogen (secondary N) is 1. The Morgan fingerprint density at radius 3 is 2.42 bits per heavy atom. The van der Waals surface area contributed by atoms with E-state index in [0.717, 1.165) is 0 Å². The van der Waals surface area contributed by atoms with Gasteiger partial charge in [-0.05, 0) is 6.92 Å². The molecule has 1 N–H and O–H groups in total. The van der Waals surface area contributed by atoms with E-state index in [0.29, 0.717) is 26.1 Å². The lowest BCUT2D eigenvalue weighted by atomic mass is 10.1. The van der Waals surface area contributed by atoms with Crippen LogP contribution in [0.4, 0.5) is 4.79 Å². The molecule has 2 fully saturated rings. The molecule has 0 bridgehead atoms. The minimum Gasteiger partial charge on any atom is -0.449 e. The van der Waals surface area contributed by atoms with Crippen molar-refractivity contribution in [2.45, 2.75) is 25.6 Å². The molecule has 2 rings (SSSR count). The highest BCUT2D eigenvalue weighted by atomic mass is 32.2. The summed E-state index contributed by atoms with van der Waals surface area (Å²) < 4.78 is 42.4. The molecule has 0 aromatic rings. The fraction of sp³-hybridized carbons (Fsp3) is 0.900. The van der Waals surface area contributed by atoms with Crippen LogP contribution >= 0.6 is 0 Å². The number of hydrogen-bond donors (Lipinski definition) is 1. The second-order valence-corrected chi connectivity index (χ2v) is 6.00. The SMILES string of the molecule is CCOC(=O)NS(=O)(=O)N1CCC2(CC1)OCCO2. The van der Waals surface area contributed by atoms with Crippen LogP contribution in [-0.4, -0.2) is 57.5 Å². The van der Waals surface area contributed by atoms with E-state index in [9.17, 15) is 13.2 Å². The van der Waals surface area contributed by atoms with Crippen molar-refractivity contribution in [3.63, 3.8) is 0 Å². The standard InChI is InChI=1S/C10H18N2O6S/c1-2-16-9(13)11-19(14,15)12-5-3-10(4-6-12)17-7-8-18-10/h2-8H2,1H3,(H,11,13). The summed E-state index contributed by atoms with van der Waals surface area (Å²) in [6.07, 6.45) is -0.0517. The maximum absolute atomic E-state index is 11.9. The normalized spacial score (nSPS) is 23.4. The lowest BCUT2D eigenvalue weighted by Gasteiger charge is -2.36. The highest BCUT2D eigenvalue weighted by Gasteiger charge is 2.42. The van der Waals surface area contributed by atoms with Crippen molar-refractivity contribution in [2.75, 3.05) is 32.9 Å². The van der Waals surface area contributed by atoms with Crippen molar-refractivity contribution in [1.82, 2.24) is 9.03 Å². The molecule has 2 saturated heterocycles. The van der Waals surface area contributed by atoms with E-state index in [1.54, 1.807) is 6.92 Å². The lowest BCUT2D eigenvalue weighted by molar-refractivity contribution is -0.179. The van der Waals surface area contributed by atoms with Crippen LogP contribution in [-0.2, 0) is 24.4 Å². The van der Waals surface area contributed by atoms with E-state index in [1.807, 2.05) is 4.72 Å². The number of carbonyl (C=O) groups excluding carboxylic acids is 1. The molecule has 0 saturated carbocycles. The first kappa shape index (κ1) is 14.5. The highest BCUT2D eigenvalue weighted by molar-refractivity contribution is 7.87. The topological polar surface area (TPSA) is 94.2 Å². The lowest BCUT2D eigenvalue weighted by Crippen LogP contribution is -2.51. The summed E-state index contributed by atoms with van der Waals surface area (Å²) in [7, 11) is -3.85. The first-order chi connectivity index (χ1) is 8.97. The molecule has 1 amide bonds. The van der Waals surface area contributed by atoms with Gasteiger partial charge in [0.1, 0.15) is 0 Å². The van der Waals surface area contributed by atoms with Crippen LogP contribution in [0.5, 0.6) is 0 Å². The molecular weight excluding hydrogens is 276 g/mol. The van der Waals surface area contributed by atoms with Crippen LogP contribution in [0.1, 0.15) is 19.8 Å². The predicted octanol–water partition coefficient (Wildman–Crippen LogP) is -0.184. The van der Waals surface area contributed by atoms with Crippen molar-refractivity contribution >= 4 is 16.3 Å². The molecule has 2 aliphatic heterocycles. The molecule has 0 atom stereocenters. The minimum absolute atomic E-state index is 0.117. The summed E-state index contributed by atoms with van der Waals surface area (Å²) in [5.41, 5.74) is 0. The molecule has 110 valence electrons. The smallest absolute Gasteiger partial charge is 0.421 e. The van der Waals surface area contributed by atoms with E-state index in [4.69, 9.17) is 9.47 Å². The Bertz CT molecular complexity index is 421. The highest BCUT2D eigenvalue weighted by Crippen LogP contribution is 2.31. The van der Waals surface area contributed by atoms with Gasteiger partial charge in [-0.2, -0.15) is 12.7 Å². The second kappa shape index (κ2) is 5.61. The molecule has 0 unspecified atom stereocenters. The molecule has 1 spiro atoms. The Morgan fingerprint density at radius 1 is 1.32 bits per heavy atom. The van der Waals surface area contributed by atoms with Gasteiger partial charge in [0.2, 0.25) is 0 Å².